The van der Waals surface area contributed by atoms with Crippen molar-refractivity contribution >= 4 is 0 Å². The van der Waals surface area contributed by atoms with Crippen LogP contribution in [0.25, 0.3) is 0 Å². The Morgan fingerprint density at radius 2 is 1.38 bits per heavy atom. The highest BCUT2D eigenvalue weighted by molar-refractivity contribution is 4.76. The van der Waals surface area contributed by atoms with Crippen LogP contribution in [0.15, 0.2) is 12.3 Å². The second-order valence-corrected chi connectivity index (χ2v) is 5.63. The molecule has 0 amide bonds. The maximum Gasteiger partial charge on any atom is 0.0873 e. The van der Waals surface area contributed by atoms with Crippen molar-refractivity contribution in [1.82, 2.24) is 10.6 Å². The Morgan fingerprint density at radius 1 is 0.762 bits per heavy atom. The van der Waals surface area contributed by atoms with Crippen molar-refractivity contribution < 1.29 is 4.74 Å². The number of hydrogen-bond donors (Lipinski definition) is 2. The Bertz CT molecular complexity index is 207. The topological polar surface area (TPSA) is 33.3 Å². The second-order valence-electron chi connectivity index (χ2n) is 5.63. The van der Waals surface area contributed by atoms with Crippen LogP contribution in [-0.2, 0) is 4.74 Å². The van der Waals surface area contributed by atoms with E-state index in [1.165, 1.54) is 57.9 Å². The monoisotopic (exact) mass is 298 g/mol. The molecule has 0 aromatic rings. The fourth-order valence-electron chi connectivity index (χ4n) is 2.16. The van der Waals surface area contributed by atoms with Gasteiger partial charge in [-0.05, 0) is 45.0 Å². The predicted molar refractivity (Wildman–Crippen MR) is 93.7 cm³/mol. The van der Waals surface area contributed by atoms with Crippen LogP contribution in [0.5, 0.6) is 0 Å². The first-order chi connectivity index (χ1) is 10.4. The molecule has 3 heteroatoms. The lowest BCUT2D eigenvalue weighted by Gasteiger charge is -2.04. The Labute approximate surface area is 132 Å². The highest BCUT2D eigenvalue weighted by atomic mass is 16.5. The minimum atomic E-state index is 0.849. The number of hydrogen-bond acceptors (Lipinski definition) is 3. The summed E-state index contributed by atoms with van der Waals surface area (Å²) in [6, 6.07) is 0. The van der Waals surface area contributed by atoms with Crippen molar-refractivity contribution in [3.05, 3.63) is 12.3 Å². The van der Waals surface area contributed by atoms with Crippen molar-refractivity contribution in [3.8, 4) is 0 Å². The molecule has 0 rings (SSSR count). The first-order valence-corrected chi connectivity index (χ1v) is 9.09. The van der Waals surface area contributed by atoms with Gasteiger partial charge in [-0.25, -0.2) is 0 Å². The molecule has 0 heterocycles. The zero-order valence-corrected chi connectivity index (χ0v) is 14.5. The van der Waals surface area contributed by atoms with Gasteiger partial charge >= 0.3 is 0 Å². The van der Waals surface area contributed by atoms with E-state index in [0.29, 0.717) is 0 Å². The van der Waals surface area contributed by atoms with Gasteiger partial charge in [0.05, 0.1) is 12.9 Å². The normalized spacial score (nSPS) is 11.3. The van der Waals surface area contributed by atoms with Gasteiger partial charge in [-0.3, -0.25) is 0 Å². The van der Waals surface area contributed by atoms with E-state index in [1.54, 1.807) is 0 Å². The highest BCUT2D eigenvalue weighted by Crippen LogP contribution is 2.06. The summed E-state index contributed by atoms with van der Waals surface area (Å²) in [5, 5.41) is 6.80. The van der Waals surface area contributed by atoms with Crippen LogP contribution in [-0.4, -0.2) is 32.8 Å². The fraction of sp³-hybridized carbons (Fsp3) is 0.889. The average molecular weight is 299 g/mol. The van der Waals surface area contributed by atoms with Gasteiger partial charge in [0.15, 0.2) is 0 Å². The molecular formula is C18H38N2O. The van der Waals surface area contributed by atoms with E-state index in [9.17, 15) is 0 Å². The molecule has 0 radical (unpaired) electrons. The Kier molecular flexibility index (Phi) is 19.0. The summed E-state index contributed by atoms with van der Waals surface area (Å²) in [7, 11) is 0. The minimum absolute atomic E-state index is 0.849. The summed E-state index contributed by atoms with van der Waals surface area (Å²) in [5.41, 5.74) is 0. The zero-order chi connectivity index (χ0) is 15.4. The van der Waals surface area contributed by atoms with E-state index < -0.39 is 0 Å². The molecule has 0 aromatic carbocycles. The van der Waals surface area contributed by atoms with Crippen LogP contribution in [0.4, 0.5) is 0 Å². The molecule has 0 aromatic heterocycles. The van der Waals surface area contributed by atoms with Crippen LogP contribution in [0.2, 0.25) is 0 Å². The lowest BCUT2D eigenvalue weighted by Crippen LogP contribution is -2.14. The van der Waals surface area contributed by atoms with Crippen LogP contribution in [0, 0.1) is 0 Å². The van der Waals surface area contributed by atoms with E-state index in [0.717, 1.165) is 32.7 Å². The SMILES string of the molecule is CCCCOC=CCNCCCCCCCCCNCC. The third-order valence-electron chi connectivity index (χ3n) is 3.53. The predicted octanol–water partition coefficient (Wildman–Crippen LogP) is 4.25. The second kappa shape index (κ2) is 19.5. The van der Waals surface area contributed by atoms with Gasteiger partial charge in [-0.2, -0.15) is 0 Å². The maximum atomic E-state index is 5.36. The van der Waals surface area contributed by atoms with Crippen molar-refractivity contribution in [3.63, 3.8) is 0 Å². The molecule has 0 atom stereocenters. The first-order valence-electron chi connectivity index (χ1n) is 9.09. The number of unbranched alkanes of at least 4 members (excludes halogenated alkanes) is 7. The van der Waals surface area contributed by atoms with Crippen LogP contribution >= 0.6 is 0 Å². The molecule has 126 valence electrons. The molecule has 0 fully saturated rings. The van der Waals surface area contributed by atoms with Gasteiger partial charge < -0.3 is 15.4 Å². The third-order valence-corrected chi connectivity index (χ3v) is 3.53. The molecule has 0 aliphatic rings. The molecule has 0 saturated carbocycles. The Hall–Kier alpha value is -0.540. The molecule has 21 heavy (non-hydrogen) atoms. The zero-order valence-electron chi connectivity index (χ0n) is 14.5. The Balaban J connectivity index is 2.99. The van der Waals surface area contributed by atoms with Gasteiger partial charge in [0, 0.05) is 6.54 Å². The first kappa shape index (κ1) is 20.5. The number of rotatable bonds is 17. The molecule has 0 bridgehead atoms. The summed E-state index contributed by atoms with van der Waals surface area (Å²) >= 11 is 0. The van der Waals surface area contributed by atoms with Gasteiger partial charge in [0.1, 0.15) is 0 Å². The quantitative estimate of drug-likeness (QED) is 0.311. The van der Waals surface area contributed by atoms with Gasteiger partial charge in [-0.1, -0.05) is 52.4 Å². The van der Waals surface area contributed by atoms with E-state index in [2.05, 4.69) is 30.6 Å². The standard InChI is InChI=1S/C18H38N2O/c1-3-5-17-21-18-13-16-20-15-12-10-8-6-7-9-11-14-19-4-2/h13,18-20H,3-12,14-17H2,1-2H3. The van der Waals surface area contributed by atoms with E-state index in [4.69, 9.17) is 4.74 Å². The summed E-state index contributed by atoms with van der Waals surface area (Å²) in [5.74, 6) is 0. The van der Waals surface area contributed by atoms with Crippen LogP contribution < -0.4 is 10.6 Å². The highest BCUT2D eigenvalue weighted by Gasteiger charge is 1.92. The Morgan fingerprint density at radius 3 is 2.00 bits per heavy atom. The molecule has 0 spiro atoms. The summed E-state index contributed by atoms with van der Waals surface area (Å²) in [6.45, 7) is 9.54. The van der Waals surface area contributed by atoms with E-state index >= 15 is 0 Å². The van der Waals surface area contributed by atoms with Crippen molar-refractivity contribution in [2.75, 3.05) is 32.8 Å². The van der Waals surface area contributed by atoms with E-state index in [1.807, 2.05) is 6.26 Å². The third kappa shape index (κ3) is 19.5. The fourth-order valence-corrected chi connectivity index (χ4v) is 2.16. The number of ether oxygens (including phenoxy) is 1. The molecule has 0 unspecified atom stereocenters. The van der Waals surface area contributed by atoms with Crippen molar-refractivity contribution in [1.29, 1.82) is 0 Å². The smallest absolute Gasteiger partial charge is 0.0873 e. The molecule has 3 nitrogen and oxygen atoms in total. The largest absolute Gasteiger partial charge is 0.501 e. The molecule has 0 aliphatic heterocycles. The van der Waals surface area contributed by atoms with Gasteiger partial charge in [-0.15, -0.1) is 0 Å². The van der Waals surface area contributed by atoms with E-state index in [-0.39, 0.29) is 0 Å². The lowest BCUT2D eigenvalue weighted by molar-refractivity contribution is 0.243. The van der Waals surface area contributed by atoms with Crippen molar-refractivity contribution in [2.45, 2.75) is 71.6 Å². The maximum absolute atomic E-state index is 5.36. The number of nitrogens with one attached hydrogen (secondary N) is 2. The average Bonchev–Trinajstić information content (AvgIpc) is 2.50. The summed E-state index contributed by atoms with van der Waals surface area (Å²) < 4.78 is 5.36. The molecule has 0 saturated heterocycles. The van der Waals surface area contributed by atoms with Gasteiger partial charge in [0.25, 0.3) is 0 Å². The lowest BCUT2D eigenvalue weighted by atomic mass is 10.1. The molecular weight excluding hydrogens is 260 g/mol. The summed E-state index contributed by atoms with van der Waals surface area (Å²) in [6.07, 6.45) is 15.8. The van der Waals surface area contributed by atoms with Crippen LogP contribution in [0.1, 0.15) is 71.6 Å². The minimum Gasteiger partial charge on any atom is -0.501 e. The molecule has 0 aliphatic carbocycles. The van der Waals surface area contributed by atoms with Crippen molar-refractivity contribution in [2.24, 2.45) is 0 Å². The van der Waals surface area contributed by atoms with Crippen LogP contribution in [0.3, 0.4) is 0 Å². The molecule has 2 N–H and O–H groups in total. The van der Waals surface area contributed by atoms with Gasteiger partial charge in [0.2, 0.25) is 0 Å². The summed E-state index contributed by atoms with van der Waals surface area (Å²) in [4.78, 5) is 0.